The summed E-state index contributed by atoms with van der Waals surface area (Å²) in [5.41, 5.74) is -3.85. The fraction of sp³-hybridized carbons (Fsp3) is 0.519. The van der Waals surface area contributed by atoms with E-state index in [1.54, 1.807) is 0 Å². The van der Waals surface area contributed by atoms with E-state index in [-0.39, 0.29) is 17.6 Å². The lowest BCUT2D eigenvalue weighted by atomic mass is 9.92. The summed E-state index contributed by atoms with van der Waals surface area (Å²) >= 11 is 0. The van der Waals surface area contributed by atoms with Gasteiger partial charge in [-0.05, 0) is 78.0 Å². The van der Waals surface area contributed by atoms with Crippen LogP contribution in [0.4, 0.5) is 45.5 Å². The highest BCUT2D eigenvalue weighted by atomic mass is 19.4. The zero-order valence-electron chi connectivity index (χ0n) is 23.1. The van der Waals surface area contributed by atoms with Gasteiger partial charge in [0.05, 0.1) is 29.8 Å². The molecule has 2 aromatic carbocycles. The Morgan fingerprint density at radius 1 is 0.907 bits per heavy atom. The highest BCUT2D eigenvalue weighted by Crippen LogP contribution is 2.38. The predicted molar refractivity (Wildman–Crippen MR) is 136 cm³/mol. The summed E-state index contributed by atoms with van der Waals surface area (Å²) in [6, 6.07) is 3.84. The van der Waals surface area contributed by atoms with Crippen LogP contribution in [0.1, 0.15) is 65.6 Å². The molecule has 0 amide bonds. The van der Waals surface area contributed by atoms with Crippen molar-refractivity contribution in [2.75, 3.05) is 18.0 Å². The third-order valence-electron chi connectivity index (χ3n) is 7.25. The number of aliphatic hydroxyl groups is 1. The summed E-state index contributed by atoms with van der Waals surface area (Å²) in [5, 5.41) is 21.8. The van der Waals surface area contributed by atoms with Crippen LogP contribution in [-0.2, 0) is 38.7 Å². The predicted octanol–water partition coefficient (Wildman–Crippen LogP) is 6.38. The first-order valence-corrected chi connectivity index (χ1v) is 13.3. The molecule has 1 aromatic heterocycles. The van der Waals surface area contributed by atoms with Crippen molar-refractivity contribution >= 4 is 5.95 Å². The van der Waals surface area contributed by atoms with Crippen LogP contribution in [0.3, 0.4) is 0 Å². The van der Waals surface area contributed by atoms with Crippen LogP contribution in [0.15, 0.2) is 36.4 Å². The molecule has 16 heteroatoms. The first-order chi connectivity index (χ1) is 20.0. The van der Waals surface area contributed by atoms with Crippen LogP contribution in [0.2, 0.25) is 0 Å². The van der Waals surface area contributed by atoms with Crippen LogP contribution in [0.25, 0.3) is 0 Å². The van der Waals surface area contributed by atoms with Crippen LogP contribution in [0, 0.1) is 0 Å². The molecule has 0 radical (unpaired) electrons. The molecule has 7 nitrogen and oxygen atoms in total. The minimum absolute atomic E-state index is 0.00178. The number of tetrazole rings is 1. The minimum Gasteiger partial charge on any atom is -0.392 e. The van der Waals surface area contributed by atoms with Crippen molar-refractivity contribution in [3.05, 3.63) is 69.8 Å². The lowest BCUT2D eigenvalue weighted by Gasteiger charge is -2.38. The zero-order chi connectivity index (χ0) is 31.7. The number of β-amino-alcohol motifs (C(OH)–C–C–N with tert-alkyl or cyclic N) is 1. The van der Waals surface area contributed by atoms with Gasteiger partial charge in [0.15, 0.2) is 0 Å². The molecule has 1 fully saturated rings. The van der Waals surface area contributed by atoms with Crippen molar-refractivity contribution in [3.8, 4) is 0 Å². The number of piperidine rings is 1. The van der Waals surface area contributed by atoms with Gasteiger partial charge in [-0.3, -0.25) is 4.90 Å². The first-order valence-electron chi connectivity index (χ1n) is 13.3. The summed E-state index contributed by atoms with van der Waals surface area (Å²) < 4.78 is 123. The molecule has 1 aliphatic rings. The second-order valence-corrected chi connectivity index (χ2v) is 10.5. The Balaban J connectivity index is 1.81. The first kappa shape index (κ1) is 32.5. The van der Waals surface area contributed by atoms with Gasteiger partial charge < -0.3 is 10.0 Å². The van der Waals surface area contributed by atoms with E-state index in [4.69, 9.17) is 0 Å². The maximum atomic E-state index is 13.8. The molecule has 2 atom stereocenters. The van der Waals surface area contributed by atoms with E-state index in [0.717, 1.165) is 16.9 Å². The lowest BCUT2D eigenvalue weighted by molar-refractivity contribution is -0.143. The Hall–Kier alpha value is -3.40. The second kappa shape index (κ2) is 12.3. The molecule has 43 heavy (non-hydrogen) atoms. The molecule has 4 rings (SSSR count). The van der Waals surface area contributed by atoms with Crippen LogP contribution in [-0.4, -0.2) is 49.4 Å². The van der Waals surface area contributed by atoms with Gasteiger partial charge in [0.25, 0.3) is 5.95 Å². The number of likely N-dealkylation sites (tertiary alicyclic amines) is 1. The molecule has 2 heterocycles. The number of hydrogen-bond acceptors (Lipinski definition) is 6. The SMILES string of the molecule is CCC(c1ccc(C(F)(F)F)cc1CN(Cc1cc(C(F)(F)F)cc(C(F)(F)F)c1)c1nnn(C)n1)N1CCCC(O)C1. The molecule has 0 saturated carbocycles. The van der Waals surface area contributed by atoms with Crippen molar-refractivity contribution in [3.63, 3.8) is 0 Å². The number of aromatic nitrogens is 4. The monoisotopic (exact) mass is 624 g/mol. The largest absolute Gasteiger partial charge is 0.416 e. The van der Waals surface area contributed by atoms with Crippen molar-refractivity contribution in [1.29, 1.82) is 0 Å². The number of aryl methyl sites for hydroxylation is 1. The van der Waals surface area contributed by atoms with Crippen LogP contribution < -0.4 is 4.90 Å². The van der Waals surface area contributed by atoms with Gasteiger partial charge in [-0.25, -0.2) is 0 Å². The van der Waals surface area contributed by atoms with Gasteiger partial charge >= 0.3 is 18.5 Å². The lowest BCUT2D eigenvalue weighted by Crippen LogP contribution is -2.41. The third kappa shape index (κ3) is 7.96. The summed E-state index contributed by atoms with van der Waals surface area (Å²) in [6.07, 6.45) is -13.8. The van der Waals surface area contributed by atoms with E-state index in [9.17, 15) is 44.6 Å². The second-order valence-electron chi connectivity index (χ2n) is 10.5. The average molecular weight is 625 g/mol. The maximum absolute atomic E-state index is 13.8. The number of halogens is 9. The van der Waals surface area contributed by atoms with E-state index < -0.39 is 66.0 Å². The zero-order valence-corrected chi connectivity index (χ0v) is 23.1. The molecule has 3 aromatic rings. The average Bonchev–Trinajstić information content (AvgIpc) is 3.34. The highest BCUT2D eigenvalue weighted by Gasteiger charge is 2.38. The molecule has 0 bridgehead atoms. The normalized spacial score (nSPS) is 17.7. The number of hydrogen-bond donors (Lipinski definition) is 1. The summed E-state index contributed by atoms with van der Waals surface area (Å²) in [6.45, 7) is 1.70. The molecular weight excluding hydrogens is 595 g/mol. The fourth-order valence-electron chi connectivity index (χ4n) is 5.32. The Kier molecular flexibility index (Phi) is 9.30. The summed E-state index contributed by atoms with van der Waals surface area (Å²) in [5.74, 6) is -0.210. The van der Waals surface area contributed by atoms with E-state index in [2.05, 4.69) is 15.4 Å². The number of benzene rings is 2. The summed E-state index contributed by atoms with van der Waals surface area (Å²) in [4.78, 5) is 4.14. The Labute approximate surface area is 240 Å². The van der Waals surface area contributed by atoms with Gasteiger partial charge in [0.1, 0.15) is 0 Å². The van der Waals surface area contributed by atoms with Crippen molar-refractivity contribution < 1.29 is 44.6 Å². The van der Waals surface area contributed by atoms with Gasteiger partial charge in [-0.1, -0.05) is 18.1 Å². The van der Waals surface area contributed by atoms with Gasteiger partial charge in [-0.2, -0.15) is 44.3 Å². The standard InChI is InChI=1S/C27H29F9N6O/c1-3-23(41-8-4-5-21(43)15-41)22-7-6-18(25(28,29)30)11-17(22)14-42(24-37-39-40(2)38-24)13-16-9-19(26(31,32)33)12-20(10-16)27(34,35)36/h6-7,9-12,21,23,43H,3-5,8,13-15H2,1-2H3. The maximum Gasteiger partial charge on any atom is 0.416 e. The number of aliphatic hydroxyl groups excluding tert-OH is 1. The number of alkyl halides is 9. The molecule has 1 aliphatic heterocycles. The molecule has 0 aliphatic carbocycles. The van der Waals surface area contributed by atoms with Crippen molar-refractivity contribution in [2.24, 2.45) is 7.05 Å². The van der Waals surface area contributed by atoms with E-state index in [0.29, 0.717) is 50.0 Å². The number of rotatable bonds is 8. The van der Waals surface area contributed by atoms with E-state index in [1.165, 1.54) is 18.0 Å². The Bertz CT molecular complexity index is 1370. The van der Waals surface area contributed by atoms with Gasteiger partial charge in [-0.15, -0.1) is 5.10 Å². The number of nitrogens with zero attached hydrogens (tertiary/aromatic N) is 6. The Morgan fingerprint density at radius 3 is 2.05 bits per heavy atom. The topological polar surface area (TPSA) is 70.3 Å². The fourth-order valence-corrected chi connectivity index (χ4v) is 5.32. The van der Waals surface area contributed by atoms with E-state index in [1.807, 2.05) is 11.8 Å². The minimum atomic E-state index is -5.09. The molecule has 2 unspecified atom stereocenters. The van der Waals surface area contributed by atoms with E-state index >= 15 is 0 Å². The van der Waals surface area contributed by atoms with Crippen LogP contribution in [0.5, 0.6) is 0 Å². The molecular formula is C27H29F9N6O. The van der Waals surface area contributed by atoms with Crippen molar-refractivity contribution in [1.82, 2.24) is 25.1 Å². The van der Waals surface area contributed by atoms with Gasteiger partial charge in [0, 0.05) is 25.7 Å². The quantitative estimate of drug-likeness (QED) is 0.294. The molecule has 1 saturated heterocycles. The van der Waals surface area contributed by atoms with Gasteiger partial charge in [0.2, 0.25) is 0 Å². The summed E-state index contributed by atoms with van der Waals surface area (Å²) in [7, 11) is 1.38. The molecule has 0 spiro atoms. The smallest absolute Gasteiger partial charge is 0.392 e. The Morgan fingerprint density at radius 2 is 1.53 bits per heavy atom. The van der Waals surface area contributed by atoms with Crippen LogP contribution >= 0.6 is 0 Å². The molecule has 236 valence electrons. The third-order valence-corrected chi connectivity index (χ3v) is 7.25. The van der Waals surface area contributed by atoms with Crippen molar-refractivity contribution in [2.45, 2.75) is 70.0 Å². The highest BCUT2D eigenvalue weighted by molar-refractivity contribution is 5.42. The molecule has 1 N–H and O–H groups in total. The number of anilines is 1.